The highest BCUT2D eigenvalue weighted by Crippen LogP contribution is 2.06. The molecule has 0 aliphatic carbocycles. The fourth-order valence-corrected chi connectivity index (χ4v) is 2.07. The minimum atomic E-state index is 0.725. The lowest BCUT2D eigenvalue weighted by Gasteiger charge is -2.23. The van der Waals surface area contributed by atoms with Gasteiger partial charge in [-0.05, 0) is 44.2 Å². The summed E-state index contributed by atoms with van der Waals surface area (Å²) in [4.78, 5) is 0. The van der Waals surface area contributed by atoms with Crippen molar-refractivity contribution in [1.29, 1.82) is 0 Å². The predicted molar refractivity (Wildman–Crippen MR) is 59.5 cm³/mol. The van der Waals surface area contributed by atoms with E-state index in [0.29, 0.717) is 0 Å². The van der Waals surface area contributed by atoms with Crippen molar-refractivity contribution in [2.45, 2.75) is 31.7 Å². The van der Waals surface area contributed by atoms with Gasteiger partial charge in [-0.15, -0.1) is 0 Å². The number of thioether (sulfide) groups is 1. The Morgan fingerprint density at radius 1 is 1.31 bits per heavy atom. The summed E-state index contributed by atoms with van der Waals surface area (Å²) in [6.07, 6.45) is 7.23. The molecular formula is C10H21NOS. The smallest absolute Gasteiger partial charge is 0.0480 e. The standard InChI is InChI=1S/C10H21NOS/c1-13-9-3-2-6-11-10-4-7-12-8-5-10/h10-11H,2-9H2,1H3. The quantitative estimate of drug-likeness (QED) is 0.666. The number of nitrogens with one attached hydrogen (secondary N) is 1. The Hall–Kier alpha value is 0.270. The van der Waals surface area contributed by atoms with E-state index in [2.05, 4.69) is 11.6 Å². The van der Waals surface area contributed by atoms with Crippen molar-refractivity contribution in [3.63, 3.8) is 0 Å². The molecule has 0 spiro atoms. The van der Waals surface area contributed by atoms with Gasteiger partial charge in [-0.2, -0.15) is 11.8 Å². The molecule has 0 radical (unpaired) electrons. The summed E-state index contributed by atoms with van der Waals surface area (Å²) in [5.41, 5.74) is 0. The van der Waals surface area contributed by atoms with Crippen molar-refractivity contribution in [2.75, 3.05) is 31.8 Å². The van der Waals surface area contributed by atoms with Crippen LogP contribution < -0.4 is 5.32 Å². The average molecular weight is 203 g/mol. The fraction of sp³-hybridized carbons (Fsp3) is 1.00. The van der Waals surface area contributed by atoms with Gasteiger partial charge in [-0.25, -0.2) is 0 Å². The molecular weight excluding hydrogens is 182 g/mol. The molecule has 0 atom stereocenters. The Labute approximate surface area is 85.8 Å². The Morgan fingerprint density at radius 2 is 2.08 bits per heavy atom. The number of rotatable bonds is 6. The molecule has 1 heterocycles. The lowest BCUT2D eigenvalue weighted by atomic mass is 10.1. The molecule has 1 N–H and O–H groups in total. The maximum absolute atomic E-state index is 5.30. The van der Waals surface area contributed by atoms with Gasteiger partial charge in [0.1, 0.15) is 0 Å². The monoisotopic (exact) mass is 203 g/mol. The van der Waals surface area contributed by atoms with Crippen LogP contribution in [-0.4, -0.2) is 37.8 Å². The largest absolute Gasteiger partial charge is 0.381 e. The van der Waals surface area contributed by atoms with Crippen LogP contribution in [0.25, 0.3) is 0 Å². The molecule has 0 bridgehead atoms. The van der Waals surface area contributed by atoms with Gasteiger partial charge in [-0.3, -0.25) is 0 Å². The zero-order valence-corrected chi connectivity index (χ0v) is 9.37. The second-order valence-corrected chi connectivity index (χ2v) is 4.53. The molecule has 3 heteroatoms. The first-order chi connectivity index (χ1) is 6.43. The topological polar surface area (TPSA) is 21.3 Å². The molecule has 1 rings (SSSR count). The summed E-state index contributed by atoms with van der Waals surface area (Å²) >= 11 is 1.94. The maximum atomic E-state index is 5.30. The summed E-state index contributed by atoms with van der Waals surface area (Å²) in [7, 11) is 0. The first-order valence-electron chi connectivity index (χ1n) is 5.23. The van der Waals surface area contributed by atoms with Crippen LogP contribution in [0.4, 0.5) is 0 Å². The SMILES string of the molecule is CSCCCCNC1CCOCC1. The Bertz CT molecular complexity index is 115. The van der Waals surface area contributed by atoms with Crippen molar-refractivity contribution in [3.8, 4) is 0 Å². The third-order valence-corrected chi connectivity index (χ3v) is 3.13. The zero-order valence-electron chi connectivity index (χ0n) is 8.55. The van der Waals surface area contributed by atoms with E-state index >= 15 is 0 Å². The second kappa shape index (κ2) is 7.65. The van der Waals surface area contributed by atoms with Crippen LogP contribution in [0.3, 0.4) is 0 Å². The summed E-state index contributed by atoms with van der Waals surface area (Å²) in [6, 6.07) is 0.725. The maximum Gasteiger partial charge on any atom is 0.0480 e. The minimum absolute atomic E-state index is 0.725. The van der Waals surface area contributed by atoms with Gasteiger partial charge in [0.15, 0.2) is 0 Å². The Kier molecular flexibility index (Phi) is 6.68. The highest BCUT2D eigenvalue weighted by molar-refractivity contribution is 7.98. The van der Waals surface area contributed by atoms with Crippen molar-refractivity contribution < 1.29 is 4.74 Å². The molecule has 0 saturated carbocycles. The van der Waals surface area contributed by atoms with Crippen LogP contribution in [0.15, 0.2) is 0 Å². The molecule has 1 aliphatic rings. The molecule has 0 aromatic carbocycles. The first-order valence-corrected chi connectivity index (χ1v) is 6.63. The third kappa shape index (κ3) is 5.55. The first kappa shape index (κ1) is 11.3. The van der Waals surface area contributed by atoms with E-state index in [1.807, 2.05) is 11.8 Å². The summed E-state index contributed by atoms with van der Waals surface area (Å²) in [6.45, 7) is 3.08. The van der Waals surface area contributed by atoms with Crippen LogP contribution in [0.2, 0.25) is 0 Å². The Balaban J connectivity index is 1.86. The van der Waals surface area contributed by atoms with E-state index < -0.39 is 0 Å². The van der Waals surface area contributed by atoms with Gasteiger partial charge in [0.05, 0.1) is 0 Å². The van der Waals surface area contributed by atoms with Gasteiger partial charge in [-0.1, -0.05) is 0 Å². The van der Waals surface area contributed by atoms with Gasteiger partial charge < -0.3 is 10.1 Å². The molecule has 1 saturated heterocycles. The lowest BCUT2D eigenvalue weighted by Crippen LogP contribution is -2.35. The third-order valence-electron chi connectivity index (χ3n) is 2.43. The molecule has 2 nitrogen and oxygen atoms in total. The molecule has 13 heavy (non-hydrogen) atoms. The van der Waals surface area contributed by atoms with Crippen molar-refractivity contribution in [2.24, 2.45) is 0 Å². The van der Waals surface area contributed by atoms with Crippen molar-refractivity contribution >= 4 is 11.8 Å². The molecule has 0 aromatic heterocycles. The molecule has 1 aliphatic heterocycles. The van der Waals surface area contributed by atoms with Crippen LogP contribution in [-0.2, 0) is 4.74 Å². The molecule has 0 unspecified atom stereocenters. The minimum Gasteiger partial charge on any atom is -0.381 e. The number of ether oxygens (including phenoxy) is 1. The number of hydrogen-bond donors (Lipinski definition) is 1. The number of hydrogen-bond acceptors (Lipinski definition) is 3. The van der Waals surface area contributed by atoms with E-state index in [4.69, 9.17) is 4.74 Å². The van der Waals surface area contributed by atoms with Gasteiger partial charge >= 0.3 is 0 Å². The highest BCUT2D eigenvalue weighted by Gasteiger charge is 2.11. The summed E-state index contributed by atoms with van der Waals surface area (Å²) in [5, 5.41) is 3.59. The summed E-state index contributed by atoms with van der Waals surface area (Å²) in [5.74, 6) is 1.30. The second-order valence-electron chi connectivity index (χ2n) is 3.54. The number of unbranched alkanes of at least 4 members (excludes halogenated alkanes) is 1. The van der Waals surface area contributed by atoms with Crippen molar-refractivity contribution in [3.05, 3.63) is 0 Å². The average Bonchev–Trinajstić information content (AvgIpc) is 2.19. The van der Waals surface area contributed by atoms with Gasteiger partial charge in [0, 0.05) is 19.3 Å². The van der Waals surface area contributed by atoms with Crippen LogP contribution in [0.1, 0.15) is 25.7 Å². The molecule has 78 valence electrons. The van der Waals surface area contributed by atoms with Crippen LogP contribution in [0.5, 0.6) is 0 Å². The molecule has 0 amide bonds. The van der Waals surface area contributed by atoms with E-state index in [1.165, 1.54) is 38.0 Å². The molecule has 1 fully saturated rings. The zero-order chi connectivity index (χ0) is 9.36. The molecule has 0 aromatic rings. The van der Waals surface area contributed by atoms with E-state index in [-0.39, 0.29) is 0 Å². The van der Waals surface area contributed by atoms with E-state index in [9.17, 15) is 0 Å². The van der Waals surface area contributed by atoms with Crippen LogP contribution >= 0.6 is 11.8 Å². The van der Waals surface area contributed by atoms with E-state index in [1.54, 1.807) is 0 Å². The summed E-state index contributed by atoms with van der Waals surface area (Å²) < 4.78 is 5.30. The van der Waals surface area contributed by atoms with E-state index in [0.717, 1.165) is 19.3 Å². The normalized spacial score (nSPS) is 19.2. The van der Waals surface area contributed by atoms with Gasteiger partial charge in [0.25, 0.3) is 0 Å². The lowest BCUT2D eigenvalue weighted by molar-refractivity contribution is 0.0780. The fourth-order valence-electron chi connectivity index (χ4n) is 1.58. The van der Waals surface area contributed by atoms with Crippen molar-refractivity contribution in [1.82, 2.24) is 5.32 Å². The Morgan fingerprint density at radius 3 is 2.77 bits per heavy atom. The van der Waals surface area contributed by atoms with Gasteiger partial charge in [0.2, 0.25) is 0 Å². The highest BCUT2D eigenvalue weighted by atomic mass is 32.2. The van der Waals surface area contributed by atoms with Crippen LogP contribution in [0, 0.1) is 0 Å². The predicted octanol–water partition coefficient (Wildman–Crippen LogP) is 1.90.